The van der Waals surface area contributed by atoms with Crippen molar-refractivity contribution in [2.75, 3.05) is 48.0 Å². The normalized spacial score (nSPS) is 18.2. The lowest BCUT2D eigenvalue weighted by Gasteiger charge is -2.35. The van der Waals surface area contributed by atoms with E-state index in [-0.39, 0.29) is 30.0 Å². The average Bonchev–Trinajstić information content (AvgIpc) is 3.29. The minimum Gasteiger partial charge on any atom is -0.491 e. The van der Waals surface area contributed by atoms with Gasteiger partial charge in [0, 0.05) is 31.9 Å². The van der Waals surface area contributed by atoms with Crippen molar-refractivity contribution in [2.24, 2.45) is 5.73 Å². The summed E-state index contributed by atoms with van der Waals surface area (Å²) < 4.78 is 43.4. The number of nitrogens with one attached hydrogen (secondary N) is 2. The van der Waals surface area contributed by atoms with Crippen LogP contribution in [-0.2, 0) is 0 Å². The molecule has 12 nitrogen and oxygen atoms in total. The Morgan fingerprint density at radius 3 is 2.81 bits per heavy atom. The van der Waals surface area contributed by atoms with E-state index < -0.39 is 43.4 Å². The molecule has 6 N–H and O–H groups in total. The van der Waals surface area contributed by atoms with Gasteiger partial charge in [0.2, 0.25) is 0 Å². The molecule has 2 aromatic rings. The summed E-state index contributed by atoms with van der Waals surface area (Å²) in [5.74, 6) is -0.208. The molecule has 2 aliphatic heterocycles. The van der Waals surface area contributed by atoms with Crippen LogP contribution in [0, 0.1) is 0 Å². The van der Waals surface area contributed by atoms with E-state index in [0.717, 1.165) is 0 Å². The van der Waals surface area contributed by atoms with Crippen molar-refractivity contribution < 1.29 is 37.7 Å². The monoisotopic (exact) mass is 525 g/mol. The molecule has 15 heteroatoms. The van der Waals surface area contributed by atoms with Gasteiger partial charge in [-0.2, -0.15) is 13.2 Å². The van der Waals surface area contributed by atoms with Crippen LogP contribution in [0.4, 0.5) is 35.3 Å². The lowest BCUT2D eigenvalue weighted by molar-refractivity contribution is -0.146. The standard InChI is InChI=1S/C22H26F3N7O5/c23-22(24,25)17(26)8-28-20(35)15-1-2-16-19(29-15)32(12-4-6-31(16)9-12)21(36)30-18-7-14(3-5-27-18)37-11-13(34)10-33/h1-3,5,7,12-13,17,33-34H,4,6,8-11,26H2,(H,28,35)(H,27,30,36)/t12-,13+,17?/m0/s1. The average molecular weight is 525 g/mol. The molecule has 4 rings (SSSR count). The van der Waals surface area contributed by atoms with Gasteiger partial charge >= 0.3 is 12.2 Å². The van der Waals surface area contributed by atoms with Crippen LogP contribution in [0.25, 0.3) is 0 Å². The van der Waals surface area contributed by atoms with Crippen LogP contribution in [0.2, 0.25) is 0 Å². The third-order valence-electron chi connectivity index (χ3n) is 5.93. The van der Waals surface area contributed by atoms with Gasteiger partial charge in [0.25, 0.3) is 5.91 Å². The minimum atomic E-state index is -4.66. The molecule has 0 spiro atoms. The van der Waals surface area contributed by atoms with Crippen molar-refractivity contribution in [3.63, 3.8) is 0 Å². The molecule has 200 valence electrons. The van der Waals surface area contributed by atoms with E-state index in [1.54, 1.807) is 6.07 Å². The number of ether oxygens (including phenoxy) is 1. The van der Waals surface area contributed by atoms with E-state index in [9.17, 15) is 27.9 Å². The van der Waals surface area contributed by atoms with Crippen LogP contribution in [0.15, 0.2) is 30.5 Å². The number of aromatic nitrogens is 2. The molecule has 0 aromatic carbocycles. The number of carbonyl (C=O) groups excluding carboxylic acids is 2. The van der Waals surface area contributed by atoms with Gasteiger partial charge in [0.1, 0.15) is 36.0 Å². The number of amides is 3. The van der Waals surface area contributed by atoms with E-state index in [0.29, 0.717) is 30.9 Å². The highest BCUT2D eigenvalue weighted by Gasteiger charge is 2.41. The fraction of sp³-hybridized carbons (Fsp3) is 0.455. The number of hydrogen-bond acceptors (Lipinski definition) is 9. The fourth-order valence-electron chi connectivity index (χ4n) is 3.99. The van der Waals surface area contributed by atoms with Crippen LogP contribution in [-0.4, -0.2) is 89.3 Å². The molecule has 1 fully saturated rings. The van der Waals surface area contributed by atoms with Gasteiger partial charge in [0.05, 0.1) is 18.3 Å². The van der Waals surface area contributed by atoms with E-state index in [1.165, 1.54) is 29.3 Å². The summed E-state index contributed by atoms with van der Waals surface area (Å²) in [6.07, 6.45) is -3.69. The van der Waals surface area contributed by atoms with Gasteiger partial charge in [0.15, 0.2) is 5.82 Å². The van der Waals surface area contributed by atoms with Crippen molar-refractivity contribution in [2.45, 2.75) is 30.8 Å². The molecule has 3 amide bonds. The molecule has 1 saturated heterocycles. The van der Waals surface area contributed by atoms with Crippen LogP contribution in [0.1, 0.15) is 16.9 Å². The van der Waals surface area contributed by atoms with Crippen molar-refractivity contribution in [1.29, 1.82) is 0 Å². The number of aliphatic hydroxyl groups excluding tert-OH is 2. The second-order valence-corrected chi connectivity index (χ2v) is 8.61. The number of rotatable bonds is 8. The third kappa shape index (κ3) is 6.00. The predicted molar refractivity (Wildman–Crippen MR) is 126 cm³/mol. The maximum atomic E-state index is 13.3. The van der Waals surface area contributed by atoms with Crippen LogP contribution >= 0.6 is 0 Å². The molecule has 4 heterocycles. The Bertz CT molecular complexity index is 1150. The lowest BCUT2D eigenvalue weighted by Crippen LogP contribution is -2.49. The summed E-state index contributed by atoms with van der Waals surface area (Å²) in [5.41, 5.74) is 5.50. The zero-order chi connectivity index (χ0) is 26.7. The van der Waals surface area contributed by atoms with Crippen LogP contribution in [0.5, 0.6) is 5.75 Å². The van der Waals surface area contributed by atoms with Crippen LogP contribution in [0.3, 0.4) is 0 Å². The number of fused-ring (bicyclic) bond motifs is 4. The number of anilines is 3. The number of halogens is 3. The third-order valence-corrected chi connectivity index (χ3v) is 5.93. The lowest BCUT2D eigenvalue weighted by atomic mass is 10.1. The Hall–Kier alpha value is -3.69. The Morgan fingerprint density at radius 1 is 1.30 bits per heavy atom. The Balaban J connectivity index is 1.51. The first-order valence-electron chi connectivity index (χ1n) is 11.4. The van der Waals surface area contributed by atoms with Gasteiger partial charge in [-0.1, -0.05) is 0 Å². The second-order valence-electron chi connectivity index (χ2n) is 8.61. The second kappa shape index (κ2) is 10.7. The molecular weight excluding hydrogens is 499 g/mol. The molecule has 2 bridgehead atoms. The van der Waals surface area contributed by atoms with E-state index in [1.807, 2.05) is 4.90 Å². The van der Waals surface area contributed by atoms with E-state index >= 15 is 0 Å². The minimum absolute atomic E-state index is 0.151. The molecule has 2 aliphatic rings. The highest BCUT2D eigenvalue weighted by molar-refractivity contribution is 6.05. The van der Waals surface area contributed by atoms with Crippen molar-refractivity contribution in [3.05, 3.63) is 36.2 Å². The zero-order valence-corrected chi connectivity index (χ0v) is 19.5. The summed E-state index contributed by atoms with van der Waals surface area (Å²) in [6, 6.07) is 2.88. The number of pyridine rings is 2. The molecule has 0 radical (unpaired) electrons. The molecule has 0 saturated carbocycles. The highest BCUT2D eigenvalue weighted by Crippen LogP contribution is 2.39. The first kappa shape index (κ1) is 26.4. The maximum absolute atomic E-state index is 13.3. The molecule has 37 heavy (non-hydrogen) atoms. The molecule has 3 atom stereocenters. The number of alkyl halides is 3. The number of urea groups is 1. The number of carbonyl (C=O) groups is 2. The molecular formula is C22H26F3N7O5. The van der Waals surface area contributed by atoms with Gasteiger partial charge in [-0.3, -0.25) is 15.0 Å². The van der Waals surface area contributed by atoms with E-state index in [4.69, 9.17) is 15.6 Å². The quantitative estimate of drug-likeness (QED) is 0.329. The first-order chi connectivity index (χ1) is 17.6. The summed E-state index contributed by atoms with van der Waals surface area (Å²) >= 11 is 0. The van der Waals surface area contributed by atoms with Crippen LogP contribution < -0.4 is 30.9 Å². The molecule has 2 aromatic heterocycles. The van der Waals surface area contributed by atoms with Crippen molar-refractivity contribution >= 4 is 29.3 Å². The van der Waals surface area contributed by atoms with Gasteiger partial charge < -0.3 is 30.9 Å². The van der Waals surface area contributed by atoms with E-state index in [2.05, 4.69) is 20.6 Å². The maximum Gasteiger partial charge on any atom is 0.405 e. The topological polar surface area (TPSA) is 166 Å². The number of nitrogens with zero attached hydrogens (tertiary/aromatic N) is 4. The fourth-order valence-corrected chi connectivity index (χ4v) is 3.99. The number of hydrogen-bond donors (Lipinski definition) is 5. The summed E-state index contributed by atoms with van der Waals surface area (Å²) in [7, 11) is 0. The zero-order valence-electron chi connectivity index (χ0n) is 19.5. The number of aliphatic hydroxyl groups is 2. The highest BCUT2D eigenvalue weighted by atomic mass is 19.4. The molecule has 0 aliphatic carbocycles. The Morgan fingerprint density at radius 2 is 2.08 bits per heavy atom. The predicted octanol–water partition coefficient (Wildman–Crippen LogP) is 0.459. The Labute approximate surface area is 209 Å². The van der Waals surface area contributed by atoms with Gasteiger partial charge in [-0.05, 0) is 24.6 Å². The van der Waals surface area contributed by atoms with Crippen molar-refractivity contribution in [3.8, 4) is 5.75 Å². The SMILES string of the molecule is NC(CNC(=O)c1ccc2c(n1)N(C(=O)Nc1cc(OC[C@H](O)CO)ccn1)[C@H]1CCN2C1)C(F)(F)F. The van der Waals surface area contributed by atoms with Gasteiger partial charge in [-0.15, -0.1) is 0 Å². The first-order valence-corrected chi connectivity index (χ1v) is 11.4. The Kier molecular flexibility index (Phi) is 7.65. The summed E-state index contributed by atoms with van der Waals surface area (Å²) in [5, 5.41) is 23.2. The summed E-state index contributed by atoms with van der Waals surface area (Å²) in [6.45, 7) is -0.245. The smallest absolute Gasteiger partial charge is 0.405 e. The summed E-state index contributed by atoms with van der Waals surface area (Å²) in [4.78, 5) is 37.6. The van der Waals surface area contributed by atoms with Crippen molar-refractivity contribution in [1.82, 2.24) is 15.3 Å². The molecule has 1 unspecified atom stereocenters. The van der Waals surface area contributed by atoms with Gasteiger partial charge in [-0.25, -0.2) is 14.8 Å². The largest absolute Gasteiger partial charge is 0.491 e. The number of nitrogens with two attached hydrogens (primary N) is 1.